The van der Waals surface area contributed by atoms with Crippen molar-refractivity contribution in [3.05, 3.63) is 0 Å². The lowest BCUT2D eigenvalue weighted by Gasteiger charge is -2.03. The molecular weight excluding hydrogens is 134 g/mol. The third-order valence-electron chi connectivity index (χ3n) is 1.41. The average molecular weight is 145 g/mol. The number of methoxy groups -OCH3 is 1. The molecule has 1 fully saturated rings. The largest absolute Gasteiger partial charge is 0.447 e. The number of carbonyl (C=O) groups is 1. The zero-order chi connectivity index (χ0) is 7.40. The Kier molecular flexibility index (Phi) is 2.50. The summed E-state index contributed by atoms with van der Waals surface area (Å²) < 4.78 is 9.49. The van der Waals surface area contributed by atoms with Gasteiger partial charge in [0.2, 0.25) is 0 Å². The Labute approximate surface area is 59.5 Å². The smallest absolute Gasteiger partial charge is 0.407 e. The molecule has 0 bridgehead atoms. The predicted molar refractivity (Wildman–Crippen MR) is 34.8 cm³/mol. The Morgan fingerprint density at radius 2 is 2.70 bits per heavy atom. The van der Waals surface area contributed by atoms with Crippen LogP contribution in [0, 0.1) is 0 Å². The SMILES string of the molecule is COCCC1COC(=O)N1. The lowest BCUT2D eigenvalue weighted by atomic mass is 10.2. The van der Waals surface area contributed by atoms with Crippen molar-refractivity contribution in [2.75, 3.05) is 20.3 Å². The fraction of sp³-hybridized carbons (Fsp3) is 0.833. The highest BCUT2D eigenvalue weighted by Crippen LogP contribution is 2.01. The van der Waals surface area contributed by atoms with Gasteiger partial charge in [-0.05, 0) is 6.42 Å². The van der Waals surface area contributed by atoms with Crippen LogP contribution >= 0.6 is 0 Å². The van der Waals surface area contributed by atoms with E-state index in [1.165, 1.54) is 0 Å². The summed E-state index contributed by atoms with van der Waals surface area (Å²) in [6.07, 6.45) is 0.503. The summed E-state index contributed by atoms with van der Waals surface area (Å²) in [5.74, 6) is 0. The zero-order valence-corrected chi connectivity index (χ0v) is 5.92. The molecule has 1 atom stereocenters. The van der Waals surface area contributed by atoms with Crippen molar-refractivity contribution in [2.45, 2.75) is 12.5 Å². The first kappa shape index (κ1) is 7.34. The molecule has 4 heteroatoms. The molecule has 0 aliphatic carbocycles. The lowest BCUT2D eigenvalue weighted by Crippen LogP contribution is -2.27. The van der Waals surface area contributed by atoms with Gasteiger partial charge in [-0.25, -0.2) is 4.79 Å². The first-order valence-electron chi connectivity index (χ1n) is 3.25. The highest BCUT2D eigenvalue weighted by molar-refractivity contribution is 5.69. The van der Waals surface area contributed by atoms with E-state index in [0.717, 1.165) is 6.42 Å². The minimum Gasteiger partial charge on any atom is -0.447 e. The molecule has 0 saturated carbocycles. The van der Waals surface area contributed by atoms with E-state index in [0.29, 0.717) is 13.2 Å². The maximum Gasteiger partial charge on any atom is 0.407 e. The van der Waals surface area contributed by atoms with Gasteiger partial charge in [-0.3, -0.25) is 0 Å². The van der Waals surface area contributed by atoms with Crippen LogP contribution in [0.2, 0.25) is 0 Å². The molecule has 10 heavy (non-hydrogen) atoms. The molecule has 1 saturated heterocycles. The van der Waals surface area contributed by atoms with Crippen LogP contribution in [-0.2, 0) is 9.47 Å². The minimum atomic E-state index is -0.318. The second kappa shape index (κ2) is 3.41. The van der Waals surface area contributed by atoms with Gasteiger partial charge in [0.25, 0.3) is 0 Å². The molecule has 1 amide bonds. The molecule has 1 rings (SSSR count). The van der Waals surface area contributed by atoms with E-state index in [2.05, 4.69) is 10.1 Å². The Hall–Kier alpha value is -0.770. The lowest BCUT2D eigenvalue weighted by molar-refractivity contribution is 0.169. The standard InChI is InChI=1S/C6H11NO3/c1-9-3-2-5-4-10-6(8)7-5/h5H,2-4H2,1H3,(H,7,8). The van der Waals surface area contributed by atoms with Gasteiger partial charge in [0.15, 0.2) is 0 Å². The van der Waals surface area contributed by atoms with E-state index < -0.39 is 0 Å². The molecule has 1 unspecified atom stereocenters. The third kappa shape index (κ3) is 1.88. The number of nitrogens with one attached hydrogen (secondary N) is 1. The summed E-state index contributed by atoms with van der Waals surface area (Å²) in [6, 6.07) is 0.146. The third-order valence-corrected chi connectivity index (χ3v) is 1.41. The summed E-state index contributed by atoms with van der Waals surface area (Å²) in [7, 11) is 1.64. The number of carbonyl (C=O) groups excluding carboxylic acids is 1. The molecule has 1 aliphatic rings. The number of ether oxygens (including phenoxy) is 2. The van der Waals surface area contributed by atoms with E-state index >= 15 is 0 Å². The van der Waals surface area contributed by atoms with Crippen molar-refractivity contribution >= 4 is 6.09 Å². The number of rotatable bonds is 3. The van der Waals surface area contributed by atoms with Crippen LogP contribution in [-0.4, -0.2) is 32.5 Å². The summed E-state index contributed by atoms with van der Waals surface area (Å²) in [5, 5.41) is 2.65. The van der Waals surface area contributed by atoms with Crippen LogP contribution in [0.15, 0.2) is 0 Å². The van der Waals surface area contributed by atoms with E-state index in [9.17, 15) is 4.79 Å². The first-order chi connectivity index (χ1) is 4.83. The predicted octanol–water partition coefficient (Wildman–Crippen LogP) is 0.131. The average Bonchev–Trinajstić information content (AvgIpc) is 2.31. The fourth-order valence-corrected chi connectivity index (χ4v) is 0.842. The van der Waals surface area contributed by atoms with Gasteiger partial charge >= 0.3 is 6.09 Å². The van der Waals surface area contributed by atoms with E-state index in [-0.39, 0.29) is 12.1 Å². The highest BCUT2D eigenvalue weighted by atomic mass is 16.6. The Morgan fingerprint density at radius 1 is 1.90 bits per heavy atom. The van der Waals surface area contributed by atoms with Crippen molar-refractivity contribution < 1.29 is 14.3 Å². The zero-order valence-electron chi connectivity index (χ0n) is 5.92. The van der Waals surface area contributed by atoms with Crippen LogP contribution in [0.1, 0.15) is 6.42 Å². The van der Waals surface area contributed by atoms with Gasteiger partial charge in [0.05, 0.1) is 6.04 Å². The number of hydrogen-bond acceptors (Lipinski definition) is 3. The van der Waals surface area contributed by atoms with Crippen LogP contribution in [0.25, 0.3) is 0 Å². The monoisotopic (exact) mass is 145 g/mol. The van der Waals surface area contributed by atoms with Gasteiger partial charge in [-0.15, -0.1) is 0 Å². The molecule has 58 valence electrons. The maximum atomic E-state index is 10.4. The van der Waals surface area contributed by atoms with Crippen LogP contribution in [0.4, 0.5) is 4.79 Å². The van der Waals surface area contributed by atoms with E-state index in [1.54, 1.807) is 7.11 Å². The molecule has 4 nitrogen and oxygen atoms in total. The fourth-order valence-electron chi connectivity index (χ4n) is 0.842. The second-order valence-electron chi connectivity index (χ2n) is 2.22. The molecular formula is C6H11NO3. The Balaban J connectivity index is 2.12. The molecule has 1 aliphatic heterocycles. The summed E-state index contributed by atoms with van der Waals surface area (Å²) >= 11 is 0. The number of cyclic esters (lactones) is 1. The van der Waals surface area contributed by atoms with Crippen molar-refractivity contribution in [2.24, 2.45) is 0 Å². The van der Waals surface area contributed by atoms with E-state index in [1.807, 2.05) is 0 Å². The summed E-state index contributed by atoms with van der Waals surface area (Å²) in [6.45, 7) is 1.14. The van der Waals surface area contributed by atoms with Gasteiger partial charge in [-0.2, -0.15) is 0 Å². The Bertz CT molecular complexity index is 126. The first-order valence-corrected chi connectivity index (χ1v) is 3.25. The van der Waals surface area contributed by atoms with Gasteiger partial charge in [0, 0.05) is 13.7 Å². The second-order valence-corrected chi connectivity index (χ2v) is 2.22. The summed E-state index contributed by atoms with van der Waals surface area (Å²) in [4.78, 5) is 10.4. The van der Waals surface area contributed by atoms with Crippen molar-refractivity contribution in [3.8, 4) is 0 Å². The van der Waals surface area contributed by atoms with E-state index in [4.69, 9.17) is 4.74 Å². The molecule has 0 aromatic heterocycles. The number of alkyl carbamates (subject to hydrolysis) is 1. The molecule has 0 spiro atoms. The van der Waals surface area contributed by atoms with Gasteiger partial charge in [0.1, 0.15) is 6.61 Å². The molecule has 0 radical (unpaired) electrons. The molecule has 0 aromatic rings. The molecule has 0 aromatic carbocycles. The van der Waals surface area contributed by atoms with Crippen LogP contribution in [0.5, 0.6) is 0 Å². The highest BCUT2D eigenvalue weighted by Gasteiger charge is 2.20. The van der Waals surface area contributed by atoms with Crippen molar-refractivity contribution in [1.82, 2.24) is 5.32 Å². The van der Waals surface area contributed by atoms with Gasteiger partial charge < -0.3 is 14.8 Å². The normalized spacial score (nSPS) is 24.1. The number of hydrogen-bond donors (Lipinski definition) is 1. The maximum absolute atomic E-state index is 10.4. The molecule has 1 heterocycles. The van der Waals surface area contributed by atoms with Crippen molar-refractivity contribution in [1.29, 1.82) is 0 Å². The van der Waals surface area contributed by atoms with Crippen LogP contribution in [0.3, 0.4) is 0 Å². The summed E-state index contributed by atoms with van der Waals surface area (Å²) in [5.41, 5.74) is 0. The molecule has 1 N–H and O–H groups in total. The number of amides is 1. The quantitative estimate of drug-likeness (QED) is 0.614. The van der Waals surface area contributed by atoms with Crippen LogP contribution < -0.4 is 5.32 Å². The minimum absolute atomic E-state index is 0.146. The Morgan fingerprint density at radius 3 is 3.20 bits per heavy atom. The topological polar surface area (TPSA) is 47.6 Å². The van der Waals surface area contributed by atoms with Crippen molar-refractivity contribution in [3.63, 3.8) is 0 Å². The van der Waals surface area contributed by atoms with Gasteiger partial charge in [-0.1, -0.05) is 0 Å².